The number of amides is 1. The molecule has 0 aliphatic heterocycles. The van der Waals surface area contributed by atoms with Crippen molar-refractivity contribution >= 4 is 5.91 Å². The van der Waals surface area contributed by atoms with Crippen molar-refractivity contribution in [3.05, 3.63) is 23.9 Å². The Morgan fingerprint density at radius 3 is 2.82 bits per heavy atom. The number of rotatable bonds is 6. The Kier molecular flexibility index (Phi) is 6.19. The van der Waals surface area contributed by atoms with Gasteiger partial charge in [0.05, 0.1) is 6.04 Å². The van der Waals surface area contributed by atoms with Crippen molar-refractivity contribution in [2.75, 3.05) is 0 Å². The SMILES string of the molecule is CC(C)[C@H](N)C(=O)NCc1ccnc(OC2CCCCC2)c1. The molecule has 1 fully saturated rings. The number of carbonyl (C=O) groups excluding carboxylic acids is 1. The summed E-state index contributed by atoms with van der Waals surface area (Å²) in [6.45, 7) is 4.32. The van der Waals surface area contributed by atoms with Crippen molar-refractivity contribution in [1.82, 2.24) is 10.3 Å². The topological polar surface area (TPSA) is 77.2 Å². The second-order valence-corrected chi connectivity index (χ2v) is 6.37. The van der Waals surface area contributed by atoms with E-state index in [1.165, 1.54) is 19.3 Å². The number of ether oxygens (including phenoxy) is 1. The number of pyridine rings is 1. The van der Waals surface area contributed by atoms with Crippen LogP contribution < -0.4 is 15.8 Å². The van der Waals surface area contributed by atoms with E-state index in [-0.39, 0.29) is 17.9 Å². The molecule has 1 heterocycles. The Hall–Kier alpha value is -1.62. The lowest BCUT2D eigenvalue weighted by atomic mass is 9.98. The monoisotopic (exact) mass is 305 g/mol. The molecule has 0 saturated heterocycles. The number of aromatic nitrogens is 1. The second kappa shape index (κ2) is 8.13. The van der Waals surface area contributed by atoms with Gasteiger partial charge in [0.2, 0.25) is 11.8 Å². The average Bonchev–Trinajstić information content (AvgIpc) is 2.53. The molecule has 1 aromatic heterocycles. The van der Waals surface area contributed by atoms with Crippen LogP contribution in [0.3, 0.4) is 0 Å². The first-order chi connectivity index (χ1) is 10.6. The predicted octanol–water partition coefficient (Wildman–Crippen LogP) is 2.39. The summed E-state index contributed by atoms with van der Waals surface area (Å²) >= 11 is 0. The van der Waals surface area contributed by atoms with Crippen LogP contribution in [0.5, 0.6) is 5.88 Å². The minimum absolute atomic E-state index is 0.124. The molecule has 2 rings (SSSR count). The van der Waals surface area contributed by atoms with Gasteiger partial charge in [-0.15, -0.1) is 0 Å². The van der Waals surface area contributed by atoms with Gasteiger partial charge < -0.3 is 15.8 Å². The predicted molar refractivity (Wildman–Crippen MR) is 86.4 cm³/mol. The van der Waals surface area contributed by atoms with E-state index >= 15 is 0 Å². The summed E-state index contributed by atoms with van der Waals surface area (Å²) in [5.41, 5.74) is 6.81. The number of nitrogens with zero attached hydrogens (tertiary/aromatic N) is 1. The summed E-state index contributed by atoms with van der Waals surface area (Å²) in [6, 6.07) is 3.31. The van der Waals surface area contributed by atoms with Gasteiger partial charge in [-0.1, -0.05) is 20.3 Å². The molecule has 122 valence electrons. The fourth-order valence-electron chi connectivity index (χ4n) is 2.59. The molecule has 0 unspecified atom stereocenters. The Labute approximate surface area is 132 Å². The zero-order chi connectivity index (χ0) is 15.9. The van der Waals surface area contributed by atoms with Crippen LogP contribution in [0.25, 0.3) is 0 Å². The summed E-state index contributed by atoms with van der Waals surface area (Å²) in [5, 5.41) is 2.86. The molecular formula is C17H27N3O2. The molecule has 3 N–H and O–H groups in total. The lowest BCUT2D eigenvalue weighted by Crippen LogP contribution is -2.43. The van der Waals surface area contributed by atoms with Crippen LogP contribution >= 0.6 is 0 Å². The highest BCUT2D eigenvalue weighted by molar-refractivity contribution is 5.81. The van der Waals surface area contributed by atoms with Gasteiger partial charge in [-0.25, -0.2) is 4.98 Å². The largest absolute Gasteiger partial charge is 0.474 e. The lowest BCUT2D eigenvalue weighted by Gasteiger charge is -2.22. The smallest absolute Gasteiger partial charge is 0.237 e. The summed E-state index contributed by atoms with van der Waals surface area (Å²) in [6.07, 6.45) is 7.97. The number of nitrogens with one attached hydrogen (secondary N) is 1. The van der Waals surface area contributed by atoms with Crippen molar-refractivity contribution in [3.63, 3.8) is 0 Å². The average molecular weight is 305 g/mol. The van der Waals surface area contributed by atoms with Crippen LogP contribution in [0.15, 0.2) is 18.3 Å². The van der Waals surface area contributed by atoms with E-state index < -0.39 is 6.04 Å². The van der Waals surface area contributed by atoms with E-state index in [2.05, 4.69) is 10.3 Å². The molecule has 1 aliphatic rings. The van der Waals surface area contributed by atoms with Gasteiger partial charge in [-0.2, -0.15) is 0 Å². The van der Waals surface area contributed by atoms with Crippen LogP contribution in [0, 0.1) is 5.92 Å². The van der Waals surface area contributed by atoms with E-state index in [0.29, 0.717) is 12.4 Å². The zero-order valence-corrected chi connectivity index (χ0v) is 13.5. The van der Waals surface area contributed by atoms with Crippen molar-refractivity contribution in [2.45, 2.75) is 64.6 Å². The van der Waals surface area contributed by atoms with Gasteiger partial charge in [-0.3, -0.25) is 4.79 Å². The highest BCUT2D eigenvalue weighted by Crippen LogP contribution is 2.22. The van der Waals surface area contributed by atoms with E-state index in [0.717, 1.165) is 18.4 Å². The van der Waals surface area contributed by atoms with E-state index in [1.54, 1.807) is 6.20 Å². The second-order valence-electron chi connectivity index (χ2n) is 6.37. The molecule has 1 aliphatic carbocycles. The Balaban J connectivity index is 1.86. The third-order valence-corrected chi connectivity index (χ3v) is 4.13. The molecular weight excluding hydrogens is 278 g/mol. The first kappa shape index (κ1) is 16.7. The van der Waals surface area contributed by atoms with Crippen molar-refractivity contribution in [3.8, 4) is 5.88 Å². The third-order valence-electron chi connectivity index (χ3n) is 4.13. The standard InChI is InChI=1S/C17H27N3O2/c1-12(2)16(18)17(21)20-11-13-8-9-19-15(10-13)22-14-6-4-3-5-7-14/h8-10,12,14,16H,3-7,11,18H2,1-2H3,(H,20,21)/t16-/m0/s1. The van der Waals surface area contributed by atoms with Crippen LogP contribution in [0.1, 0.15) is 51.5 Å². The van der Waals surface area contributed by atoms with Gasteiger partial charge in [-0.05, 0) is 43.2 Å². The molecule has 1 amide bonds. The molecule has 0 radical (unpaired) electrons. The van der Waals surface area contributed by atoms with Gasteiger partial charge in [0.25, 0.3) is 0 Å². The van der Waals surface area contributed by atoms with Crippen LogP contribution in [0.4, 0.5) is 0 Å². The van der Waals surface area contributed by atoms with Crippen LogP contribution in [-0.4, -0.2) is 23.0 Å². The van der Waals surface area contributed by atoms with Gasteiger partial charge >= 0.3 is 0 Å². The molecule has 0 spiro atoms. The molecule has 1 atom stereocenters. The Morgan fingerprint density at radius 2 is 2.14 bits per heavy atom. The maximum absolute atomic E-state index is 11.9. The Morgan fingerprint density at radius 1 is 1.41 bits per heavy atom. The molecule has 1 saturated carbocycles. The van der Waals surface area contributed by atoms with Gasteiger partial charge in [0.1, 0.15) is 6.10 Å². The summed E-state index contributed by atoms with van der Waals surface area (Å²) < 4.78 is 5.94. The fraction of sp³-hybridized carbons (Fsp3) is 0.647. The minimum atomic E-state index is -0.472. The first-order valence-corrected chi connectivity index (χ1v) is 8.21. The molecule has 5 nitrogen and oxygen atoms in total. The van der Waals surface area contributed by atoms with E-state index in [9.17, 15) is 4.79 Å². The number of carbonyl (C=O) groups is 1. The molecule has 0 bridgehead atoms. The summed E-state index contributed by atoms with van der Waals surface area (Å²) in [7, 11) is 0. The van der Waals surface area contributed by atoms with Crippen LogP contribution in [0.2, 0.25) is 0 Å². The number of hydrogen-bond donors (Lipinski definition) is 2. The Bertz CT molecular complexity index is 485. The number of nitrogens with two attached hydrogens (primary N) is 1. The molecule has 5 heteroatoms. The highest BCUT2D eigenvalue weighted by atomic mass is 16.5. The normalized spacial score (nSPS) is 17.3. The van der Waals surface area contributed by atoms with E-state index in [4.69, 9.17) is 10.5 Å². The fourth-order valence-corrected chi connectivity index (χ4v) is 2.59. The molecule has 1 aromatic rings. The maximum Gasteiger partial charge on any atom is 0.237 e. The van der Waals surface area contributed by atoms with E-state index in [1.807, 2.05) is 26.0 Å². The third kappa shape index (κ3) is 4.98. The molecule has 0 aromatic carbocycles. The first-order valence-electron chi connectivity index (χ1n) is 8.21. The maximum atomic E-state index is 11.9. The van der Waals surface area contributed by atoms with Gasteiger partial charge in [0, 0.05) is 18.8 Å². The summed E-state index contributed by atoms with van der Waals surface area (Å²) in [4.78, 5) is 16.1. The zero-order valence-electron chi connectivity index (χ0n) is 13.5. The highest BCUT2D eigenvalue weighted by Gasteiger charge is 2.17. The summed E-state index contributed by atoms with van der Waals surface area (Å²) in [5.74, 6) is 0.649. The van der Waals surface area contributed by atoms with Crippen molar-refractivity contribution in [2.24, 2.45) is 11.7 Å². The lowest BCUT2D eigenvalue weighted by molar-refractivity contribution is -0.123. The molecule has 22 heavy (non-hydrogen) atoms. The minimum Gasteiger partial charge on any atom is -0.474 e. The van der Waals surface area contributed by atoms with Crippen molar-refractivity contribution < 1.29 is 9.53 Å². The van der Waals surface area contributed by atoms with Gasteiger partial charge in [0.15, 0.2) is 0 Å². The van der Waals surface area contributed by atoms with Crippen molar-refractivity contribution in [1.29, 1.82) is 0 Å². The van der Waals surface area contributed by atoms with Crippen LogP contribution in [-0.2, 0) is 11.3 Å². The number of hydrogen-bond acceptors (Lipinski definition) is 4. The quantitative estimate of drug-likeness (QED) is 0.846.